The molecular weight excluding hydrogens is 278 g/mol. The van der Waals surface area contributed by atoms with Gasteiger partial charge in [0, 0.05) is 39.1 Å². The molecule has 2 N–H and O–H groups in total. The molecule has 0 saturated heterocycles. The van der Waals surface area contributed by atoms with Crippen LogP contribution in [0.3, 0.4) is 0 Å². The Morgan fingerprint density at radius 3 is 2.82 bits per heavy atom. The number of imidazole rings is 1. The van der Waals surface area contributed by atoms with E-state index in [1.807, 2.05) is 29.0 Å². The second kappa shape index (κ2) is 8.71. The van der Waals surface area contributed by atoms with Gasteiger partial charge < -0.3 is 19.9 Å². The van der Waals surface area contributed by atoms with Crippen molar-refractivity contribution in [3.8, 4) is 5.75 Å². The molecule has 0 fully saturated rings. The van der Waals surface area contributed by atoms with E-state index in [4.69, 9.17) is 4.74 Å². The van der Waals surface area contributed by atoms with Crippen LogP contribution in [0.2, 0.25) is 0 Å². The number of aliphatic imine (C=N–C) groups is 1. The molecule has 118 valence electrons. The van der Waals surface area contributed by atoms with Crippen molar-refractivity contribution < 1.29 is 4.74 Å². The molecule has 0 radical (unpaired) electrons. The number of hydrogen-bond donors (Lipinski definition) is 2. The Kier molecular flexibility index (Phi) is 6.29. The number of nitrogens with one attached hydrogen (secondary N) is 2. The van der Waals surface area contributed by atoms with Gasteiger partial charge in [-0.15, -0.1) is 0 Å². The first-order valence-electron chi connectivity index (χ1n) is 7.35. The molecule has 0 unspecified atom stereocenters. The van der Waals surface area contributed by atoms with Crippen molar-refractivity contribution in [2.24, 2.45) is 4.99 Å². The monoisotopic (exact) mass is 301 g/mol. The molecule has 0 atom stereocenters. The van der Waals surface area contributed by atoms with Gasteiger partial charge in [-0.3, -0.25) is 4.99 Å². The molecule has 6 nitrogen and oxygen atoms in total. The molecule has 0 amide bonds. The van der Waals surface area contributed by atoms with Gasteiger partial charge >= 0.3 is 0 Å². The van der Waals surface area contributed by atoms with Crippen LogP contribution in [0.25, 0.3) is 0 Å². The number of hydrogen-bond acceptors (Lipinski definition) is 3. The summed E-state index contributed by atoms with van der Waals surface area (Å²) >= 11 is 0. The molecule has 0 saturated carbocycles. The summed E-state index contributed by atoms with van der Waals surface area (Å²) < 4.78 is 7.38. The first-order valence-corrected chi connectivity index (χ1v) is 7.35. The van der Waals surface area contributed by atoms with E-state index in [2.05, 4.69) is 26.7 Å². The Balaban J connectivity index is 1.72. The lowest BCUT2D eigenvalue weighted by atomic mass is 10.1. The van der Waals surface area contributed by atoms with Crippen LogP contribution in [0.4, 0.5) is 0 Å². The van der Waals surface area contributed by atoms with Crippen molar-refractivity contribution >= 4 is 5.96 Å². The highest BCUT2D eigenvalue weighted by atomic mass is 16.5. The second-order valence-corrected chi connectivity index (χ2v) is 4.79. The third-order valence-corrected chi connectivity index (χ3v) is 3.32. The number of aromatic nitrogens is 2. The highest BCUT2D eigenvalue weighted by Gasteiger charge is 2.02. The zero-order valence-corrected chi connectivity index (χ0v) is 13.1. The smallest absolute Gasteiger partial charge is 0.191 e. The fourth-order valence-corrected chi connectivity index (χ4v) is 2.17. The molecule has 1 aromatic heterocycles. The molecule has 2 rings (SSSR count). The molecule has 0 aliphatic rings. The second-order valence-electron chi connectivity index (χ2n) is 4.79. The molecule has 0 aliphatic heterocycles. The summed E-state index contributed by atoms with van der Waals surface area (Å²) in [6.45, 7) is 2.45. The Morgan fingerprint density at radius 1 is 1.27 bits per heavy atom. The third-order valence-electron chi connectivity index (χ3n) is 3.32. The molecule has 0 aliphatic carbocycles. The first-order chi connectivity index (χ1) is 10.8. The summed E-state index contributed by atoms with van der Waals surface area (Å²) in [5, 5.41) is 6.59. The van der Waals surface area contributed by atoms with Crippen LogP contribution in [-0.4, -0.2) is 42.8 Å². The Bertz CT molecular complexity index is 580. The largest absolute Gasteiger partial charge is 0.496 e. The lowest BCUT2D eigenvalue weighted by Gasteiger charge is -2.13. The van der Waals surface area contributed by atoms with Gasteiger partial charge in [0.2, 0.25) is 0 Å². The van der Waals surface area contributed by atoms with Crippen molar-refractivity contribution in [1.29, 1.82) is 0 Å². The van der Waals surface area contributed by atoms with E-state index in [1.54, 1.807) is 26.7 Å². The van der Waals surface area contributed by atoms with E-state index < -0.39 is 0 Å². The van der Waals surface area contributed by atoms with Crippen LogP contribution >= 0.6 is 0 Å². The van der Waals surface area contributed by atoms with Crippen LogP contribution in [0.5, 0.6) is 5.75 Å². The van der Waals surface area contributed by atoms with Crippen LogP contribution < -0.4 is 15.4 Å². The van der Waals surface area contributed by atoms with Gasteiger partial charge in [-0.2, -0.15) is 0 Å². The van der Waals surface area contributed by atoms with Crippen LogP contribution in [-0.2, 0) is 13.0 Å². The molecule has 1 aromatic carbocycles. The van der Waals surface area contributed by atoms with Crippen LogP contribution in [0, 0.1) is 0 Å². The zero-order chi connectivity index (χ0) is 15.6. The van der Waals surface area contributed by atoms with Crippen molar-refractivity contribution in [3.63, 3.8) is 0 Å². The van der Waals surface area contributed by atoms with Crippen molar-refractivity contribution in [1.82, 2.24) is 20.2 Å². The van der Waals surface area contributed by atoms with Crippen LogP contribution in [0.1, 0.15) is 5.56 Å². The molecule has 0 bridgehead atoms. The summed E-state index contributed by atoms with van der Waals surface area (Å²) in [4.78, 5) is 8.24. The number of methoxy groups -OCH3 is 1. The Labute approximate surface area is 131 Å². The summed E-state index contributed by atoms with van der Waals surface area (Å²) in [6.07, 6.45) is 6.41. The molecular formula is C16H23N5O. The summed E-state index contributed by atoms with van der Waals surface area (Å²) in [7, 11) is 3.47. The topological polar surface area (TPSA) is 63.5 Å². The van der Waals surface area contributed by atoms with Crippen molar-refractivity contribution in [2.45, 2.75) is 13.0 Å². The van der Waals surface area contributed by atoms with E-state index in [0.29, 0.717) is 0 Å². The SMILES string of the molecule is CN=C(NCCc1ccccc1OC)NCCn1ccnc1. The average Bonchev–Trinajstić information content (AvgIpc) is 3.07. The minimum Gasteiger partial charge on any atom is -0.496 e. The van der Waals surface area contributed by atoms with Crippen molar-refractivity contribution in [3.05, 3.63) is 48.5 Å². The summed E-state index contributed by atoms with van der Waals surface area (Å²) in [5.74, 6) is 1.72. The highest BCUT2D eigenvalue weighted by Crippen LogP contribution is 2.17. The summed E-state index contributed by atoms with van der Waals surface area (Å²) in [6, 6.07) is 8.06. The Morgan fingerprint density at radius 2 is 2.09 bits per heavy atom. The van der Waals surface area contributed by atoms with Gasteiger partial charge in [0.25, 0.3) is 0 Å². The van der Waals surface area contributed by atoms with E-state index in [9.17, 15) is 0 Å². The molecule has 1 heterocycles. The van der Waals surface area contributed by atoms with Gasteiger partial charge in [0.1, 0.15) is 5.75 Å². The van der Waals surface area contributed by atoms with Crippen molar-refractivity contribution in [2.75, 3.05) is 27.2 Å². The number of para-hydroxylation sites is 1. The molecule has 0 spiro atoms. The first kappa shape index (κ1) is 15.9. The quantitative estimate of drug-likeness (QED) is 0.598. The fourth-order valence-electron chi connectivity index (χ4n) is 2.17. The van der Waals surface area contributed by atoms with Gasteiger partial charge in [0.05, 0.1) is 13.4 Å². The van der Waals surface area contributed by atoms with Crippen LogP contribution in [0.15, 0.2) is 48.0 Å². The van der Waals surface area contributed by atoms with E-state index >= 15 is 0 Å². The van der Waals surface area contributed by atoms with Gasteiger partial charge in [-0.1, -0.05) is 18.2 Å². The number of nitrogens with zero attached hydrogens (tertiary/aromatic N) is 3. The molecule has 2 aromatic rings. The standard InChI is InChI=1S/C16H23N5O/c1-17-16(20-10-12-21-11-9-18-13-21)19-8-7-14-5-3-4-6-15(14)22-2/h3-6,9,11,13H,7-8,10,12H2,1-2H3,(H2,17,19,20). The number of benzene rings is 1. The zero-order valence-electron chi connectivity index (χ0n) is 13.1. The average molecular weight is 301 g/mol. The normalized spacial score (nSPS) is 11.3. The minimum atomic E-state index is 0.796. The highest BCUT2D eigenvalue weighted by molar-refractivity contribution is 5.79. The van der Waals surface area contributed by atoms with E-state index in [0.717, 1.165) is 37.8 Å². The molecule has 6 heteroatoms. The minimum absolute atomic E-state index is 0.796. The predicted octanol–water partition coefficient (Wildman–Crippen LogP) is 1.30. The lowest BCUT2D eigenvalue weighted by Crippen LogP contribution is -2.39. The molecule has 22 heavy (non-hydrogen) atoms. The van der Waals surface area contributed by atoms with Gasteiger partial charge in [-0.25, -0.2) is 4.98 Å². The Hall–Kier alpha value is -2.50. The third kappa shape index (κ3) is 4.80. The van der Waals surface area contributed by atoms with E-state index in [1.165, 1.54) is 5.56 Å². The maximum absolute atomic E-state index is 5.35. The maximum Gasteiger partial charge on any atom is 0.191 e. The number of rotatable bonds is 7. The lowest BCUT2D eigenvalue weighted by molar-refractivity contribution is 0.409. The number of guanidine groups is 1. The fraction of sp³-hybridized carbons (Fsp3) is 0.375. The number of ether oxygens (including phenoxy) is 1. The van der Waals surface area contributed by atoms with Gasteiger partial charge in [-0.05, 0) is 18.1 Å². The van der Waals surface area contributed by atoms with Gasteiger partial charge in [0.15, 0.2) is 5.96 Å². The predicted molar refractivity (Wildman–Crippen MR) is 88.3 cm³/mol. The maximum atomic E-state index is 5.35. The summed E-state index contributed by atoms with van der Waals surface area (Å²) in [5.41, 5.74) is 1.19. The van der Waals surface area contributed by atoms with E-state index in [-0.39, 0.29) is 0 Å².